The molecule has 0 fully saturated rings. The van der Waals surface area contributed by atoms with Crippen molar-refractivity contribution in [1.29, 1.82) is 0 Å². The molecule has 0 aliphatic heterocycles. The molecule has 2 aromatic carbocycles. The largest absolute Gasteiger partial charge is 0.399 e. The molecular formula is C15H12FN3O. The molecule has 2 N–H and O–H groups in total. The normalized spacial score (nSPS) is 10.8. The predicted molar refractivity (Wildman–Crippen MR) is 75.9 cm³/mol. The molecule has 0 atom stereocenters. The number of rotatable bonds is 2. The van der Waals surface area contributed by atoms with Crippen molar-refractivity contribution in [3.63, 3.8) is 0 Å². The summed E-state index contributed by atoms with van der Waals surface area (Å²) >= 11 is 0. The first-order valence-corrected chi connectivity index (χ1v) is 6.13. The first kappa shape index (κ1) is 12.3. The van der Waals surface area contributed by atoms with Crippen LogP contribution in [0, 0.1) is 5.82 Å². The van der Waals surface area contributed by atoms with Crippen molar-refractivity contribution >= 4 is 16.6 Å². The summed E-state index contributed by atoms with van der Waals surface area (Å²) in [6.45, 7) is 0.152. The van der Waals surface area contributed by atoms with Crippen LogP contribution in [0.5, 0.6) is 0 Å². The molecule has 1 heterocycles. The molecule has 3 aromatic rings. The van der Waals surface area contributed by atoms with Crippen molar-refractivity contribution < 1.29 is 4.39 Å². The van der Waals surface area contributed by atoms with Gasteiger partial charge in [0.25, 0.3) is 5.56 Å². The second kappa shape index (κ2) is 4.77. The van der Waals surface area contributed by atoms with Crippen LogP contribution in [0.4, 0.5) is 10.1 Å². The van der Waals surface area contributed by atoms with Crippen molar-refractivity contribution in [2.24, 2.45) is 0 Å². The maximum absolute atomic E-state index is 13.6. The molecule has 20 heavy (non-hydrogen) atoms. The molecule has 4 nitrogen and oxygen atoms in total. The highest BCUT2D eigenvalue weighted by molar-refractivity contribution is 5.80. The summed E-state index contributed by atoms with van der Waals surface area (Å²) in [5, 5.41) is 0.470. The zero-order valence-electron chi connectivity index (χ0n) is 10.6. The van der Waals surface area contributed by atoms with Crippen LogP contribution in [-0.4, -0.2) is 9.55 Å². The molecule has 0 radical (unpaired) electrons. The Hall–Kier alpha value is -2.69. The van der Waals surface area contributed by atoms with Crippen molar-refractivity contribution in [3.8, 4) is 0 Å². The van der Waals surface area contributed by atoms with Crippen molar-refractivity contribution in [3.05, 3.63) is 70.5 Å². The Morgan fingerprint density at radius 2 is 2.00 bits per heavy atom. The number of nitrogens with zero attached hydrogens (tertiary/aromatic N) is 2. The predicted octanol–water partition coefficient (Wildman–Crippen LogP) is 2.17. The van der Waals surface area contributed by atoms with E-state index in [4.69, 9.17) is 5.73 Å². The lowest BCUT2D eigenvalue weighted by Gasteiger charge is -2.07. The van der Waals surface area contributed by atoms with E-state index >= 15 is 0 Å². The van der Waals surface area contributed by atoms with Crippen molar-refractivity contribution in [2.75, 3.05) is 5.73 Å². The lowest BCUT2D eigenvalue weighted by Crippen LogP contribution is -2.21. The van der Waals surface area contributed by atoms with Gasteiger partial charge in [0.05, 0.1) is 23.8 Å². The molecule has 0 amide bonds. The first-order chi connectivity index (χ1) is 9.65. The molecule has 0 spiro atoms. The maximum atomic E-state index is 13.6. The second-order valence-corrected chi connectivity index (χ2v) is 4.55. The van der Waals surface area contributed by atoms with E-state index in [1.165, 1.54) is 17.0 Å². The van der Waals surface area contributed by atoms with Crippen LogP contribution in [0.1, 0.15) is 5.56 Å². The van der Waals surface area contributed by atoms with Gasteiger partial charge in [0.2, 0.25) is 0 Å². The van der Waals surface area contributed by atoms with Gasteiger partial charge in [-0.25, -0.2) is 9.37 Å². The minimum atomic E-state index is -0.336. The molecule has 0 aliphatic carbocycles. The van der Waals surface area contributed by atoms with Crippen LogP contribution in [0.25, 0.3) is 10.9 Å². The molecule has 5 heteroatoms. The smallest absolute Gasteiger partial charge is 0.261 e. The highest BCUT2D eigenvalue weighted by atomic mass is 19.1. The summed E-state index contributed by atoms with van der Waals surface area (Å²) in [4.78, 5) is 16.5. The quantitative estimate of drug-likeness (QED) is 0.725. The van der Waals surface area contributed by atoms with Gasteiger partial charge in [0, 0.05) is 11.3 Å². The highest BCUT2D eigenvalue weighted by Crippen LogP contribution is 2.12. The zero-order chi connectivity index (χ0) is 14.1. The van der Waals surface area contributed by atoms with Crippen molar-refractivity contribution in [1.82, 2.24) is 9.55 Å². The fourth-order valence-electron chi connectivity index (χ4n) is 2.10. The van der Waals surface area contributed by atoms with E-state index in [9.17, 15) is 9.18 Å². The lowest BCUT2D eigenvalue weighted by atomic mass is 10.2. The zero-order valence-corrected chi connectivity index (χ0v) is 10.6. The third-order valence-electron chi connectivity index (χ3n) is 3.15. The number of halogens is 1. The van der Waals surface area contributed by atoms with Gasteiger partial charge in [-0.2, -0.15) is 0 Å². The van der Waals surface area contributed by atoms with Gasteiger partial charge in [0.15, 0.2) is 0 Å². The van der Waals surface area contributed by atoms with E-state index < -0.39 is 0 Å². The Labute approximate surface area is 114 Å². The Morgan fingerprint density at radius 1 is 1.20 bits per heavy atom. The van der Waals surface area contributed by atoms with E-state index in [2.05, 4.69) is 4.98 Å². The summed E-state index contributed by atoms with van der Waals surface area (Å²) < 4.78 is 15.0. The van der Waals surface area contributed by atoms with Crippen LogP contribution in [0.3, 0.4) is 0 Å². The summed E-state index contributed by atoms with van der Waals surface area (Å²) in [6.07, 6.45) is 1.41. The van der Waals surface area contributed by atoms with E-state index in [0.29, 0.717) is 22.2 Å². The lowest BCUT2D eigenvalue weighted by molar-refractivity contribution is 0.595. The fraction of sp³-hybridized carbons (Fsp3) is 0.0667. The second-order valence-electron chi connectivity index (χ2n) is 4.55. The average molecular weight is 269 g/mol. The molecule has 0 saturated carbocycles. The summed E-state index contributed by atoms with van der Waals surface area (Å²) in [5.41, 5.74) is 6.99. The van der Waals surface area contributed by atoms with Gasteiger partial charge >= 0.3 is 0 Å². The molecular weight excluding hydrogens is 257 g/mol. The van der Waals surface area contributed by atoms with Gasteiger partial charge in [-0.3, -0.25) is 9.36 Å². The number of hydrogen-bond acceptors (Lipinski definition) is 3. The molecule has 1 aromatic heterocycles. The molecule has 0 unspecified atom stereocenters. The van der Waals surface area contributed by atoms with Crippen LogP contribution < -0.4 is 11.3 Å². The number of benzene rings is 2. The Kier molecular flexibility index (Phi) is 2.95. The summed E-state index contributed by atoms with van der Waals surface area (Å²) in [7, 11) is 0. The van der Waals surface area contributed by atoms with Crippen LogP contribution in [0.2, 0.25) is 0 Å². The first-order valence-electron chi connectivity index (χ1n) is 6.13. The van der Waals surface area contributed by atoms with Gasteiger partial charge in [0.1, 0.15) is 5.82 Å². The van der Waals surface area contributed by atoms with Gasteiger partial charge < -0.3 is 5.73 Å². The van der Waals surface area contributed by atoms with E-state index in [1.54, 1.807) is 36.4 Å². The van der Waals surface area contributed by atoms with Crippen LogP contribution in [-0.2, 0) is 6.54 Å². The van der Waals surface area contributed by atoms with E-state index in [0.717, 1.165) is 0 Å². The molecule has 100 valence electrons. The minimum absolute atomic E-state index is 0.152. The van der Waals surface area contributed by atoms with Gasteiger partial charge in [-0.05, 0) is 24.3 Å². The number of anilines is 1. The summed E-state index contributed by atoms with van der Waals surface area (Å²) in [5.74, 6) is -0.336. The molecule has 0 saturated heterocycles. The highest BCUT2D eigenvalue weighted by Gasteiger charge is 2.07. The maximum Gasteiger partial charge on any atom is 0.261 e. The fourth-order valence-corrected chi connectivity index (χ4v) is 2.10. The molecule has 0 aliphatic rings. The average Bonchev–Trinajstić information content (AvgIpc) is 2.44. The Balaban J connectivity index is 2.09. The van der Waals surface area contributed by atoms with Crippen molar-refractivity contribution in [2.45, 2.75) is 6.54 Å². The monoisotopic (exact) mass is 269 g/mol. The Morgan fingerprint density at radius 3 is 2.80 bits per heavy atom. The molecule has 0 bridgehead atoms. The van der Waals surface area contributed by atoms with E-state index in [-0.39, 0.29) is 17.9 Å². The number of nitrogens with two attached hydrogens (primary N) is 1. The topological polar surface area (TPSA) is 60.9 Å². The SMILES string of the molecule is Nc1ccc2c(=O)n(Cc3ccccc3F)cnc2c1. The van der Waals surface area contributed by atoms with Gasteiger partial charge in [-0.15, -0.1) is 0 Å². The standard InChI is InChI=1S/C15H12FN3O/c16-13-4-2-1-3-10(13)8-19-9-18-14-7-11(17)5-6-12(14)15(19)20/h1-7,9H,8,17H2. The van der Waals surface area contributed by atoms with Crippen LogP contribution >= 0.6 is 0 Å². The molecule has 3 rings (SSSR count). The number of fused-ring (bicyclic) bond motifs is 1. The summed E-state index contributed by atoms with van der Waals surface area (Å²) in [6, 6.07) is 11.3. The van der Waals surface area contributed by atoms with Crippen LogP contribution in [0.15, 0.2) is 53.6 Å². The third kappa shape index (κ3) is 2.14. The Bertz CT molecular complexity index is 842. The third-order valence-corrected chi connectivity index (χ3v) is 3.15. The minimum Gasteiger partial charge on any atom is -0.399 e. The number of nitrogen functional groups attached to an aromatic ring is 1. The number of aromatic nitrogens is 2. The number of hydrogen-bond donors (Lipinski definition) is 1. The van der Waals surface area contributed by atoms with Gasteiger partial charge in [-0.1, -0.05) is 18.2 Å². The van der Waals surface area contributed by atoms with E-state index in [1.807, 2.05) is 0 Å².